The van der Waals surface area contributed by atoms with Gasteiger partial charge in [0, 0.05) is 17.2 Å². The Morgan fingerprint density at radius 1 is 1.00 bits per heavy atom. The third-order valence-corrected chi connectivity index (χ3v) is 6.39. The van der Waals surface area contributed by atoms with Crippen molar-refractivity contribution in [2.24, 2.45) is 0 Å². The minimum Gasteiger partial charge on any atom is -0.348 e. The van der Waals surface area contributed by atoms with E-state index in [4.69, 9.17) is 26.7 Å². The molecule has 0 atom stereocenters. The van der Waals surface area contributed by atoms with Crippen LogP contribution < -0.4 is 0 Å². The van der Waals surface area contributed by atoms with Crippen LogP contribution in [0.3, 0.4) is 0 Å². The molecule has 33 heavy (non-hydrogen) atoms. The maximum Gasteiger partial charge on any atom is 0.314 e. The van der Waals surface area contributed by atoms with E-state index in [-0.39, 0.29) is 4.84 Å². The number of nitrogens with zero attached hydrogens (tertiary/aromatic N) is 4. The predicted octanol–water partition coefficient (Wildman–Crippen LogP) is 6.35. The highest BCUT2D eigenvalue weighted by Crippen LogP contribution is 2.41. The molecule has 0 radical (unpaired) electrons. The second kappa shape index (κ2) is 7.78. The molecule has 6 nitrogen and oxygen atoms in total. The van der Waals surface area contributed by atoms with Crippen LogP contribution in [0.4, 0.5) is 0 Å². The van der Waals surface area contributed by atoms with Gasteiger partial charge in [-0.05, 0) is 67.2 Å². The van der Waals surface area contributed by atoms with Crippen molar-refractivity contribution in [2.75, 3.05) is 0 Å². The van der Waals surface area contributed by atoms with E-state index in [1.807, 2.05) is 25.1 Å². The first-order chi connectivity index (χ1) is 16.1. The third kappa shape index (κ3) is 3.68. The largest absolute Gasteiger partial charge is 0.348 e. The molecule has 1 aliphatic carbocycles. The van der Waals surface area contributed by atoms with Gasteiger partial charge in [-0.1, -0.05) is 48.5 Å². The topological polar surface area (TPSA) is 72.5 Å². The van der Waals surface area contributed by atoms with E-state index in [9.17, 15) is 0 Å². The molecule has 7 heteroatoms. The normalized spacial score (nSPS) is 13.6. The summed E-state index contributed by atoms with van der Waals surface area (Å²) in [5, 5.41) is 2.81. The predicted molar refractivity (Wildman–Crippen MR) is 131 cm³/mol. The number of fused-ring (bicyclic) bond motifs is 1. The van der Waals surface area contributed by atoms with Gasteiger partial charge in [-0.2, -0.15) is 4.98 Å². The van der Waals surface area contributed by atoms with E-state index < -0.39 is 0 Å². The Hall–Kier alpha value is -3.58. The second-order valence-corrected chi connectivity index (χ2v) is 9.11. The quantitative estimate of drug-likeness (QED) is 0.314. The van der Waals surface area contributed by atoms with Crippen molar-refractivity contribution in [1.29, 1.82) is 0 Å². The maximum absolute atomic E-state index is 5.14. The zero-order chi connectivity index (χ0) is 22.5. The van der Waals surface area contributed by atoms with Gasteiger partial charge in [-0.3, -0.25) is 0 Å². The zero-order valence-electron chi connectivity index (χ0n) is 18.5. The third-order valence-electron chi connectivity index (χ3n) is 6.22. The van der Waals surface area contributed by atoms with Crippen LogP contribution in [0.5, 0.6) is 0 Å². The van der Waals surface area contributed by atoms with Gasteiger partial charge in [0.25, 0.3) is 0 Å². The lowest BCUT2D eigenvalue weighted by atomic mass is 9.98. The number of nitrogens with one attached hydrogen (secondary N) is 1. The number of rotatable bonds is 5. The number of aromatic nitrogens is 5. The SMILES string of the molecule is Cc1cc(C)c2nc(C3CC3)n(Cc3ccc(-c4ccccc4-c4nc(=S)o[nH]4)cc3)c2n1. The Balaban J connectivity index is 1.37. The van der Waals surface area contributed by atoms with Gasteiger partial charge in [0.2, 0.25) is 0 Å². The number of aryl methyl sites for hydroxylation is 2. The fraction of sp³-hybridized carbons (Fsp3) is 0.231. The average Bonchev–Trinajstić information content (AvgIpc) is 3.47. The van der Waals surface area contributed by atoms with Crippen LogP contribution in [0.1, 0.15) is 41.4 Å². The van der Waals surface area contributed by atoms with E-state index in [0.29, 0.717) is 11.7 Å². The lowest BCUT2D eigenvalue weighted by Crippen LogP contribution is -2.05. The fourth-order valence-electron chi connectivity index (χ4n) is 4.49. The number of benzene rings is 2. The van der Waals surface area contributed by atoms with Crippen LogP contribution in [0.15, 0.2) is 59.1 Å². The summed E-state index contributed by atoms with van der Waals surface area (Å²) in [7, 11) is 0. The monoisotopic (exact) mass is 453 g/mol. The number of aromatic amines is 1. The number of pyridine rings is 1. The Bertz CT molecular complexity index is 1540. The molecule has 3 heterocycles. The Labute approximate surface area is 196 Å². The first kappa shape index (κ1) is 20.1. The number of hydrogen-bond donors (Lipinski definition) is 1. The average molecular weight is 454 g/mol. The fourth-order valence-corrected chi connectivity index (χ4v) is 4.62. The highest BCUT2D eigenvalue weighted by Gasteiger charge is 2.30. The minimum atomic E-state index is 0.202. The van der Waals surface area contributed by atoms with Crippen molar-refractivity contribution in [2.45, 2.75) is 39.2 Å². The standard InChI is InChI=1S/C26H23N5OS/c1-15-13-16(2)27-25-22(15)28-24(19-11-12-19)31(25)14-17-7-9-18(10-8-17)20-5-3-4-6-21(20)23-29-26(33)32-30-23/h3-10,13,19H,11-12,14H2,1-2H3,(H,29,30,33). The summed E-state index contributed by atoms with van der Waals surface area (Å²) in [5.74, 6) is 2.36. The molecule has 0 unspecified atom stereocenters. The van der Waals surface area contributed by atoms with Gasteiger partial charge in [0.1, 0.15) is 11.3 Å². The molecule has 0 saturated heterocycles. The molecule has 0 aliphatic heterocycles. The zero-order valence-corrected chi connectivity index (χ0v) is 19.3. The first-order valence-electron chi connectivity index (χ1n) is 11.2. The summed E-state index contributed by atoms with van der Waals surface area (Å²) >= 11 is 5.03. The van der Waals surface area contributed by atoms with Gasteiger partial charge in [0.05, 0.1) is 6.54 Å². The van der Waals surface area contributed by atoms with E-state index in [1.54, 1.807) is 0 Å². The lowest BCUT2D eigenvalue weighted by Gasteiger charge is -2.11. The van der Waals surface area contributed by atoms with Crippen molar-refractivity contribution in [3.63, 3.8) is 0 Å². The first-order valence-corrected chi connectivity index (χ1v) is 11.6. The molecule has 1 fully saturated rings. The van der Waals surface area contributed by atoms with Crippen LogP contribution >= 0.6 is 12.2 Å². The Morgan fingerprint density at radius 3 is 2.45 bits per heavy atom. The molecule has 0 bridgehead atoms. The van der Waals surface area contributed by atoms with E-state index in [2.05, 4.69) is 58.0 Å². The van der Waals surface area contributed by atoms with Gasteiger partial charge in [-0.15, -0.1) is 0 Å². The molecule has 1 aliphatic rings. The highest BCUT2D eigenvalue weighted by atomic mass is 32.1. The molecule has 1 saturated carbocycles. The Morgan fingerprint density at radius 2 is 1.76 bits per heavy atom. The molecule has 0 spiro atoms. The molecular weight excluding hydrogens is 430 g/mol. The van der Waals surface area contributed by atoms with E-state index >= 15 is 0 Å². The van der Waals surface area contributed by atoms with Crippen LogP contribution in [0, 0.1) is 18.7 Å². The highest BCUT2D eigenvalue weighted by molar-refractivity contribution is 7.71. The van der Waals surface area contributed by atoms with Crippen molar-refractivity contribution in [3.05, 3.63) is 82.1 Å². The Kier molecular flexibility index (Phi) is 4.73. The molecule has 5 aromatic rings. The molecule has 0 amide bonds. The molecule has 1 N–H and O–H groups in total. The van der Waals surface area contributed by atoms with Crippen molar-refractivity contribution in [1.82, 2.24) is 24.7 Å². The number of imidazole rings is 1. The van der Waals surface area contributed by atoms with Gasteiger partial charge >= 0.3 is 4.84 Å². The molecule has 3 aromatic heterocycles. The molecule has 164 valence electrons. The summed E-state index contributed by atoms with van der Waals surface area (Å²) in [5.41, 5.74) is 8.60. The number of H-pyrrole nitrogens is 1. The molecule has 6 rings (SSSR count). The van der Waals surface area contributed by atoms with Crippen molar-refractivity contribution >= 4 is 23.4 Å². The summed E-state index contributed by atoms with van der Waals surface area (Å²) in [4.78, 5) is 14.3. The smallest absolute Gasteiger partial charge is 0.314 e. The number of hydrogen-bond acceptors (Lipinski definition) is 5. The summed E-state index contributed by atoms with van der Waals surface area (Å²) in [6, 6.07) is 18.9. The van der Waals surface area contributed by atoms with Crippen LogP contribution in [-0.4, -0.2) is 24.7 Å². The second-order valence-electron chi connectivity index (χ2n) is 8.76. The summed E-state index contributed by atoms with van der Waals surface area (Å²) in [6.07, 6.45) is 2.42. The van der Waals surface area contributed by atoms with Crippen molar-refractivity contribution in [3.8, 4) is 22.5 Å². The van der Waals surface area contributed by atoms with Gasteiger partial charge < -0.3 is 9.09 Å². The van der Waals surface area contributed by atoms with Gasteiger partial charge in [0.15, 0.2) is 11.5 Å². The van der Waals surface area contributed by atoms with Gasteiger partial charge in [-0.25, -0.2) is 15.1 Å². The lowest BCUT2D eigenvalue weighted by molar-refractivity contribution is 0.406. The molecule has 2 aromatic carbocycles. The minimum absolute atomic E-state index is 0.202. The van der Waals surface area contributed by atoms with Crippen LogP contribution in [0.2, 0.25) is 0 Å². The maximum atomic E-state index is 5.14. The van der Waals surface area contributed by atoms with E-state index in [1.165, 1.54) is 29.8 Å². The summed E-state index contributed by atoms with van der Waals surface area (Å²) < 4.78 is 7.45. The molecular formula is C26H23N5OS. The summed E-state index contributed by atoms with van der Waals surface area (Å²) in [6.45, 7) is 4.93. The van der Waals surface area contributed by atoms with E-state index in [0.717, 1.165) is 40.1 Å². The van der Waals surface area contributed by atoms with Crippen molar-refractivity contribution < 1.29 is 4.52 Å². The van der Waals surface area contributed by atoms with Crippen LogP contribution in [0.25, 0.3) is 33.7 Å². The van der Waals surface area contributed by atoms with Crippen LogP contribution in [-0.2, 0) is 6.54 Å².